The minimum absolute atomic E-state index is 0.792. The van der Waals surface area contributed by atoms with Gasteiger partial charge in [-0.2, -0.15) is 0 Å². The van der Waals surface area contributed by atoms with Gasteiger partial charge in [-0.3, -0.25) is 0 Å². The third-order valence-electron chi connectivity index (χ3n) is 3.36. The van der Waals surface area contributed by atoms with E-state index in [-0.39, 0.29) is 0 Å². The predicted octanol–water partition coefficient (Wildman–Crippen LogP) is 5.46. The molecule has 16 heavy (non-hydrogen) atoms. The first-order valence-corrected chi connectivity index (χ1v) is 6.84. The molecule has 0 aromatic heterocycles. The third-order valence-corrected chi connectivity index (χ3v) is 3.36. The maximum absolute atomic E-state index is 2.32. The molecule has 0 aliphatic heterocycles. The van der Waals surface area contributed by atoms with Crippen molar-refractivity contribution in [2.75, 3.05) is 0 Å². The fourth-order valence-corrected chi connectivity index (χ4v) is 2.22. The molecule has 90 valence electrons. The highest BCUT2D eigenvalue weighted by atomic mass is 14.1. The molecule has 0 saturated heterocycles. The first kappa shape index (κ1) is 13.3. The van der Waals surface area contributed by atoms with Crippen LogP contribution in [0.15, 0.2) is 24.3 Å². The van der Waals surface area contributed by atoms with Crippen molar-refractivity contribution >= 4 is 0 Å². The maximum Gasteiger partial charge on any atom is -0.0162 e. The molecule has 0 spiro atoms. The zero-order chi connectivity index (χ0) is 11.8. The molecule has 0 heterocycles. The quantitative estimate of drug-likeness (QED) is 0.570. The van der Waals surface area contributed by atoms with Crippen LogP contribution in [0.4, 0.5) is 0 Å². The summed E-state index contributed by atoms with van der Waals surface area (Å²) >= 11 is 0. The van der Waals surface area contributed by atoms with Gasteiger partial charge in [0.15, 0.2) is 0 Å². The number of aryl methyl sites for hydroxylation is 1. The standard InChI is InChI=1S/C16H26/c1-4-6-8-15(9-7-5-2)16-12-10-14(3)11-13-16/h10-13,15H,4-9H2,1-3H3. The van der Waals surface area contributed by atoms with Gasteiger partial charge in [-0.05, 0) is 31.2 Å². The zero-order valence-electron chi connectivity index (χ0n) is 11.1. The molecule has 0 N–H and O–H groups in total. The van der Waals surface area contributed by atoms with E-state index in [0.29, 0.717) is 0 Å². The second-order valence-electron chi connectivity index (χ2n) is 4.89. The van der Waals surface area contributed by atoms with Crippen LogP contribution in [0.2, 0.25) is 0 Å². The van der Waals surface area contributed by atoms with Gasteiger partial charge < -0.3 is 0 Å². The number of rotatable bonds is 7. The van der Waals surface area contributed by atoms with Crippen LogP contribution < -0.4 is 0 Å². The van der Waals surface area contributed by atoms with Crippen molar-refractivity contribution in [2.24, 2.45) is 0 Å². The monoisotopic (exact) mass is 218 g/mol. The van der Waals surface area contributed by atoms with Crippen LogP contribution in [0.25, 0.3) is 0 Å². The van der Waals surface area contributed by atoms with Crippen molar-refractivity contribution in [2.45, 2.75) is 65.2 Å². The van der Waals surface area contributed by atoms with Crippen molar-refractivity contribution in [3.8, 4) is 0 Å². The molecule has 0 atom stereocenters. The topological polar surface area (TPSA) is 0 Å². The number of hydrogen-bond donors (Lipinski definition) is 0. The Bertz CT molecular complexity index is 263. The van der Waals surface area contributed by atoms with Crippen LogP contribution in [0.1, 0.15) is 69.4 Å². The minimum atomic E-state index is 0.792. The van der Waals surface area contributed by atoms with Crippen LogP contribution in [0, 0.1) is 6.92 Å². The van der Waals surface area contributed by atoms with Crippen molar-refractivity contribution in [1.29, 1.82) is 0 Å². The SMILES string of the molecule is CCCCC(CCCC)c1ccc(C)cc1. The smallest absolute Gasteiger partial charge is 0.0162 e. The fraction of sp³-hybridized carbons (Fsp3) is 0.625. The van der Waals surface area contributed by atoms with Gasteiger partial charge in [0.25, 0.3) is 0 Å². The maximum atomic E-state index is 2.32. The van der Waals surface area contributed by atoms with Gasteiger partial charge in [0.05, 0.1) is 0 Å². The third kappa shape index (κ3) is 4.38. The molecule has 1 aromatic rings. The molecule has 0 bridgehead atoms. The van der Waals surface area contributed by atoms with Gasteiger partial charge >= 0.3 is 0 Å². The van der Waals surface area contributed by atoms with E-state index < -0.39 is 0 Å². The van der Waals surface area contributed by atoms with Crippen LogP contribution in [0.3, 0.4) is 0 Å². The van der Waals surface area contributed by atoms with Gasteiger partial charge in [-0.25, -0.2) is 0 Å². The Morgan fingerprint density at radius 2 is 1.38 bits per heavy atom. The van der Waals surface area contributed by atoms with Gasteiger partial charge in [0, 0.05) is 0 Å². The molecule has 0 aliphatic rings. The van der Waals surface area contributed by atoms with Gasteiger partial charge in [0.1, 0.15) is 0 Å². The Morgan fingerprint density at radius 3 is 1.81 bits per heavy atom. The summed E-state index contributed by atoms with van der Waals surface area (Å²) in [5.74, 6) is 0.792. The first-order chi connectivity index (χ1) is 7.77. The van der Waals surface area contributed by atoms with Crippen molar-refractivity contribution in [3.63, 3.8) is 0 Å². The lowest BCUT2D eigenvalue weighted by Crippen LogP contribution is -1.99. The van der Waals surface area contributed by atoms with E-state index in [2.05, 4.69) is 45.0 Å². The van der Waals surface area contributed by atoms with E-state index in [0.717, 1.165) is 5.92 Å². The first-order valence-electron chi connectivity index (χ1n) is 6.84. The highest BCUT2D eigenvalue weighted by Gasteiger charge is 2.09. The molecule has 1 aromatic carbocycles. The van der Waals surface area contributed by atoms with Crippen LogP contribution in [-0.2, 0) is 0 Å². The zero-order valence-corrected chi connectivity index (χ0v) is 11.1. The summed E-state index contributed by atoms with van der Waals surface area (Å²) in [5, 5.41) is 0. The van der Waals surface area contributed by atoms with Gasteiger partial charge in [-0.1, -0.05) is 69.4 Å². The molecule has 0 amide bonds. The van der Waals surface area contributed by atoms with Crippen molar-refractivity contribution < 1.29 is 0 Å². The Morgan fingerprint density at radius 1 is 0.875 bits per heavy atom. The summed E-state index contributed by atoms with van der Waals surface area (Å²) in [4.78, 5) is 0. The lowest BCUT2D eigenvalue weighted by atomic mass is 9.89. The van der Waals surface area contributed by atoms with E-state index in [1.165, 1.54) is 44.1 Å². The van der Waals surface area contributed by atoms with Crippen LogP contribution in [-0.4, -0.2) is 0 Å². The summed E-state index contributed by atoms with van der Waals surface area (Å²) in [6.45, 7) is 6.73. The number of unbranched alkanes of at least 4 members (excludes halogenated alkanes) is 2. The summed E-state index contributed by atoms with van der Waals surface area (Å²) in [6, 6.07) is 9.15. The van der Waals surface area contributed by atoms with Crippen LogP contribution in [0.5, 0.6) is 0 Å². The Balaban J connectivity index is 2.62. The molecule has 0 radical (unpaired) electrons. The van der Waals surface area contributed by atoms with E-state index >= 15 is 0 Å². The summed E-state index contributed by atoms with van der Waals surface area (Å²) < 4.78 is 0. The van der Waals surface area contributed by atoms with Crippen LogP contribution >= 0.6 is 0 Å². The van der Waals surface area contributed by atoms with E-state index in [4.69, 9.17) is 0 Å². The highest BCUT2D eigenvalue weighted by Crippen LogP contribution is 2.27. The Kier molecular flexibility index (Phi) is 6.22. The highest BCUT2D eigenvalue weighted by molar-refractivity contribution is 5.24. The molecular weight excluding hydrogens is 192 g/mol. The predicted molar refractivity (Wildman–Crippen MR) is 73.0 cm³/mol. The van der Waals surface area contributed by atoms with Crippen molar-refractivity contribution in [3.05, 3.63) is 35.4 Å². The minimum Gasteiger partial charge on any atom is -0.0654 e. The molecule has 1 rings (SSSR count). The summed E-state index contributed by atoms with van der Waals surface area (Å²) in [6.07, 6.45) is 8.08. The lowest BCUT2D eigenvalue weighted by Gasteiger charge is -2.17. The van der Waals surface area contributed by atoms with Gasteiger partial charge in [-0.15, -0.1) is 0 Å². The summed E-state index contributed by atoms with van der Waals surface area (Å²) in [5.41, 5.74) is 2.92. The molecule has 0 unspecified atom stereocenters. The molecule has 0 fully saturated rings. The average Bonchev–Trinajstić information content (AvgIpc) is 2.31. The molecule has 0 aliphatic carbocycles. The molecule has 0 heteroatoms. The molecular formula is C16H26. The lowest BCUT2D eigenvalue weighted by molar-refractivity contribution is 0.525. The van der Waals surface area contributed by atoms with Crippen molar-refractivity contribution in [1.82, 2.24) is 0 Å². The summed E-state index contributed by atoms with van der Waals surface area (Å²) in [7, 11) is 0. The second-order valence-corrected chi connectivity index (χ2v) is 4.89. The van der Waals surface area contributed by atoms with E-state index in [1.54, 1.807) is 5.56 Å². The second kappa shape index (κ2) is 7.49. The fourth-order valence-electron chi connectivity index (χ4n) is 2.22. The number of benzene rings is 1. The van der Waals surface area contributed by atoms with E-state index in [9.17, 15) is 0 Å². The normalized spacial score (nSPS) is 11.0. The number of hydrogen-bond acceptors (Lipinski definition) is 0. The molecule has 0 nitrogen and oxygen atoms in total. The Labute approximate surface area is 101 Å². The average molecular weight is 218 g/mol. The Hall–Kier alpha value is -0.780. The molecule has 0 saturated carbocycles. The largest absolute Gasteiger partial charge is 0.0654 e. The van der Waals surface area contributed by atoms with Gasteiger partial charge in [0.2, 0.25) is 0 Å². The van der Waals surface area contributed by atoms with E-state index in [1.807, 2.05) is 0 Å².